The third-order valence-corrected chi connectivity index (χ3v) is 1.64. The van der Waals surface area contributed by atoms with Crippen molar-refractivity contribution in [3.8, 4) is 0 Å². The molecule has 1 atom stereocenters. The largest absolute Gasteiger partial charge is 0.361 e. The van der Waals surface area contributed by atoms with E-state index in [0.717, 1.165) is 5.56 Å². The summed E-state index contributed by atoms with van der Waals surface area (Å²) in [6.07, 6.45) is -0.191. The topological polar surface area (TPSA) is 38.0 Å². The van der Waals surface area contributed by atoms with Gasteiger partial charge in [-0.15, -0.1) is 0 Å². The van der Waals surface area contributed by atoms with Crippen molar-refractivity contribution >= 4 is 17.2 Å². The van der Waals surface area contributed by atoms with Crippen LogP contribution < -0.4 is 11.1 Å². The van der Waals surface area contributed by atoms with Crippen LogP contribution in [0.4, 0.5) is 0 Å². The molecule has 0 spiro atoms. The number of hydrogen-bond acceptors (Lipinski definition) is 2. The van der Waals surface area contributed by atoms with Crippen LogP contribution in [0, 0.1) is 0 Å². The van der Waals surface area contributed by atoms with E-state index >= 15 is 0 Å². The molecule has 1 unspecified atom stereocenters. The summed E-state index contributed by atoms with van der Waals surface area (Å²) >= 11 is 4.88. The van der Waals surface area contributed by atoms with Crippen molar-refractivity contribution < 1.29 is 0 Å². The Bertz CT molecular complexity index is 258. The zero-order valence-electron chi connectivity index (χ0n) is 6.95. The van der Waals surface area contributed by atoms with E-state index in [1.54, 1.807) is 0 Å². The molecule has 0 heterocycles. The lowest BCUT2D eigenvalue weighted by Gasteiger charge is -2.13. The van der Waals surface area contributed by atoms with Crippen LogP contribution in [0.15, 0.2) is 30.3 Å². The SMILES string of the molecule is CC(=S)NC(N)c1ccccc1. The van der Waals surface area contributed by atoms with Crippen molar-refractivity contribution in [3.63, 3.8) is 0 Å². The van der Waals surface area contributed by atoms with Gasteiger partial charge in [-0.2, -0.15) is 0 Å². The molecule has 0 aliphatic carbocycles. The van der Waals surface area contributed by atoms with Crippen molar-refractivity contribution in [3.05, 3.63) is 35.9 Å². The Balaban J connectivity index is 2.65. The van der Waals surface area contributed by atoms with E-state index in [4.69, 9.17) is 18.0 Å². The van der Waals surface area contributed by atoms with Gasteiger partial charge in [-0.05, 0) is 12.5 Å². The van der Waals surface area contributed by atoms with Gasteiger partial charge in [0.2, 0.25) is 0 Å². The van der Waals surface area contributed by atoms with Crippen molar-refractivity contribution in [1.29, 1.82) is 0 Å². The number of benzene rings is 1. The number of nitrogens with two attached hydrogens (primary N) is 1. The van der Waals surface area contributed by atoms with Crippen molar-refractivity contribution in [2.24, 2.45) is 5.73 Å². The van der Waals surface area contributed by atoms with E-state index in [-0.39, 0.29) is 6.17 Å². The predicted molar refractivity (Wildman–Crippen MR) is 54.8 cm³/mol. The molecule has 0 radical (unpaired) electrons. The van der Waals surface area contributed by atoms with E-state index in [0.29, 0.717) is 4.99 Å². The third-order valence-electron chi connectivity index (χ3n) is 1.52. The molecule has 0 saturated carbocycles. The lowest BCUT2D eigenvalue weighted by molar-refractivity contribution is 0.686. The molecule has 0 aromatic heterocycles. The van der Waals surface area contributed by atoms with Crippen LogP contribution in [0.25, 0.3) is 0 Å². The fourth-order valence-corrected chi connectivity index (χ4v) is 1.09. The molecule has 2 nitrogen and oxygen atoms in total. The molecule has 0 aliphatic rings. The van der Waals surface area contributed by atoms with Crippen LogP contribution in [0.1, 0.15) is 18.7 Å². The second kappa shape index (κ2) is 4.18. The molecule has 3 heteroatoms. The zero-order chi connectivity index (χ0) is 8.97. The second-order valence-electron chi connectivity index (χ2n) is 2.59. The average Bonchev–Trinajstić information content (AvgIpc) is 2.05. The first-order chi connectivity index (χ1) is 5.70. The van der Waals surface area contributed by atoms with Crippen LogP contribution in [0.5, 0.6) is 0 Å². The van der Waals surface area contributed by atoms with E-state index in [1.807, 2.05) is 37.3 Å². The quantitative estimate of drug-likeness (QED) is 0.536. The lowest BCUT2D eigenvalue weighted by Crippen LogP contribution is -2.31. The summed E-state index contributed by atoms with van der Waals surface area (Å²) in [5, 5.41) is 2.97. The highest BCUT2D eigenvalue weighted by Crippen LogP contribution is 2.05. The van der Waals surface area contributed by atoms with Crippen molar-refractivity contribution in [1.82, 2.24) is 5.32 Å². The first kappa shape index (κ1) is 9.16. The summed E-state index contributed by atoms with van der Waals surface area (Å²) in [5.74, 6) is 0. The molecular weight excluding hydrogens is 168 g/mol. The average molecular weight is 180 g/mol. The highest BCUT2D eigenvalue weighted by molar-refractivity contribution is 7.80. The molecule has 3 N–H and O–H groups in total. The Hall–Kier alpha value is -0.930. The second-order valence-corrected chi connectivity index (χ2v) is 3.20. The summed E-state index contributed by atoms with van der Waals surface area (Å²) in [4.78, 5) is 0.714. The zero-order valence-corrected chi connectivity index (χ0v) is 7.77. The first-order valence-corrected chi connectivity index (χ1v) is 4.18. The molecule has 0 bridgehead atoms. The van der Waals surface area contributed by atoms with Gasteiger partial charge >= 0.3 is 0 Å². The Morgan fingerprint density at radius 1 is 1.42 bits per heavy atom. The molecule has 0 saturated heterocycles. The highest BCUT2D eigenvalue weighted by Gasteiger charge is 2.02. The monoisotopic (exact) mass is 180 g/mol. The maximum Gasteiger partial charge on any atom is 0.101 e. The van der Waals surface area contributed by atoms with E-state index in [9.17, 15) is 0 Å². The summed E-state index contributed by atoms with van der Waals surface area (Å²) < 4.78 is 0. The number of nitrogens with one attached hydrogen (secondary N) is 1. The standard InChI is InChI=1S/C9H12N2S/c1-7(12)11-9(10)8-5-3-2-4-6-8/h2-6,9H,10H2,1H3,(H,11,12). The van der Waals surface area contributed by atoms with Gasteiger partial charge in [-0.3, -0.25) is 0 Å². The Kier molecular flexibility index (Phi) is 3.19. The fourth-order valence-electron chi connectivity index (χ4n) is 0.963. The first-order valence-electron chi connectivity index (χ1n) is 3.78. The Labute approximate surface area is 77.8 Å². The maximum atomic E-state index is 5.80. The van der Waals surface area contributed by atoms with Crippen LogP contribution in [-0.4, -0.2) is 4.99 Å². The summed E-state index contributed by atoms with van der Waals surface area (Å²) in [7, 11) is 0. The highest BCUT2D eigenvalue weighted by atomic mass is 32.1. The minimum Gasteiger partial charge on any atom is -0.361 e. The molecule has 0 amide bonds. The van der Waals surface area contributed by atoms with Gasteiger partial charge in [0, 0.05) is 0 Å². The maximum absolute atomic E-state index is 5.80. The van der Waals surface area contributed by atoms with Crippen LogP contribution in [-0.2, 0) is 0 Å². The molecule has 0 fully saturated rings. The van der Waals surface area contributed by atoms with E-state index < -0.39 is 0 Å². The van der Waals surface area contributed by atoms with Crippen LogP contribution >= 0.6 is 12.2 Å². The number of thiocarbonyl (C=S) groups is 1. The van der Waals surface area contributed by atoms with Gasteiger partial charge in [0.05, 0.1) is 4.99 Å². The Morgan fingerprint density at radius 3 is 2.50 bits per heavy atom. The van der Waals surface area contributed by atoms with Gasteiger partial charge in [0.1, 0.15) is 6.17 Å². The number of hydrogen-bond donors (Lipinski definition) is 2. The lowest BCUT2D eigenvalue weighted by atomic mass is 10.2. The minimum atomic E-state index is -0.191. The fraction of sp³-hybridized carbons (Fsp3) is 0.222. The predicted octanol–water partition coefficient (Wildman–Crippen LogP) is 1.58. The van der Waals surface area contributed by atoms with Gasteiger partial charge in [-0.1, -0.05) is 42.5 Å². The minimum absolute atomic E-state index is 0.191. The molecule has 12 heavy (non-hydrogen) atoms. The third kappa shape index (κ3) is 2.60. The number of rotatable bonds is 2. The Morgan fingerprint density at radius 2 is 2.00 bits per heavy atom. The van der Waals surface area contributed by atoms with E-state index in [1.165, 1.54) is 0 Å². The summed E-state index contributed by atoms with van der Waals surface area (Å²) in [6, 6.07) is 9.80. The molecule has 0 aliphatic heterocycles. The normalized spacial score (nSPS) is 12.2. The van der Waals surface area contributed by atoms with Crippen molar-refractivity contribution in [2.45, 2.75) is 13.1 Å². The van der Waals surface area contributed by atoms with Gasteiger partial charge in [0.25, 0.3) is 0 Å². The molecule has 1 rings (SSSR count). The van der Waals surface area contributed by atoms with Crippen LogP contribution in [0.2, 0.25) is 0 Å². The molecular formula is C9H12N2S. The molecule has 1 aromatic carbocycles. The van der Waals surface area contributed by atoms with Gasteiger partial charge < -0.3 is 11.1 Å². The van der Waals surface area contributed by atoms with Gasteiger partial charge in [0.15, 0.2) is 0 Å². The van der Waals surface area contributed by atoms with Crippen LogP contribution in [0.3, 0.4) is 0 Å². The summed E-state index contributed by atoms with van der Waals surface area (Å²) in [6.45, 7) is 1.82. The smallest absolute Gasteiger partial charge is 0.101 e. The molecule has 64 valence electrons. The summed E-state index contributed by atoms with van der Waals surface area (Å²) in [5.41, 5.74) is 6.84. The van der Waals surface area contributed by atoms with Gasteiger partial charge in [-0.25, -0.2) is 0 Å². The van der Waals surface area contributed by atoms with Crippen molar-refractivity contribution in [2.75, 3.05) is 0 Å². The molecule has 1 aromatic rings. The van der Waals surface area contributed by atoms with E-state index in [2.05, 4.69) is 5.32 Å².